The third-order valence-electron chi connectivity index (χ3n) is 7.43. The summed E-state index contributed by atoms with van der Waals surface area (Å²) >= 11 is 0. The molecule has 12 heteroatoms. The van der Waals surface area contributed by atoms with E-state index in [1.807, 2.05) is 38.1 Å². The maximum absolute atomic E-state index is 14.1. The van der Waals surface area contributed by atoms with E-state index in [-0.39, 0.29) is 19.3 Å². The quantitative estimate of drug-likeness (QED) is 0.234. The van der Waals surface area contributed by atoms with Gasteiger partial charge in [-0.25, -0.2) is 0 Å². The van der Waals surface area contributed by atoms with Crippen LogP contribution in [-0.2, 0) is 29.2 Å². The number of alkyl halides is 2. The van der Waals surface area contributed by atoms with E-state index in [9.17, 15) is 31.6 Å². The van der Waals surface area contributed by atoms with Gasteiger partial charge in [0, 0.05) is 0 Å². The zero-order valence-corrected chi connectivity index (χ0v) is 25.4. The molecule has 9 nitrogen and oxygen atoms in total. The van der Waals surface area contributed by atoms with Crippen molar-refractivity contribution in [3.63, 3.8) is 0 Å². The lowest BCUT2D eigenvalue weighted by Gasteiger charge is -2.32. The molecule has 0 spiro atoms. The number of aryl methyl sites for hydroxylation is 6. The predicted molar refractivity (Wildman–Crippen MR) is 149 cm³/mol. The van der Waals surface area contributed by atoms with Crippen LogP contribution in [0.2, 0.25) is 0 Å². The van der Waals surface area contributed by atoms with Crippen LogP contribution in [0.5, 0.6) is 11.5 Å². The van der Waals surface area contributed by atoms with E-state index in [4.69, 9.17) is 18.8 Å². The molecule has 0 aliphatic heterocycles. The molecule has 1 aliphatic carbocycles. The molecular formula is C30H36F2O9S. The number of ether oxygens (including phenoxy) is 3. The Morgan fingerprint density at radius 1 is 0.738 bits per heavy atom. The maximum Gasteiger partial charge on any atom is 0.405 e. The third kappa shape index (κ3) is 7.33. The minimum absolute atomic E-state index is 0.0356. The molecule has 0 saturated heterocycles. The molecule has 1 aliphatic rings. The Morgan fingerprint density at radius 3 is 1.36 bits per heavy atom. The van der Waals surface area contributed by atoms with Gasteiger partial charge in [-0.3, -0.25) is 18.9 Å². The fraction of sp³-hybridized carbons (Fsp3) is 0.500. The van der Waals surface area contributed by atoms with E-state index in [0.29, 0.717) is 40.7 Å². The number of carbonyl (C=O) groups is 3. The van der Waals surface area contributed by atoms with E-state index < -0.39 is 57.1 Å². The first-order valence-electron chi connectivity index (χ1n) is 13.5. The van der Waals surface area contributed by atoms with Crippen LogP contribution in [0.3, 0.4) is 0 Å². The van der Waals surface area contributed by atoms with Crippen LogP contribution >= 0.6 is 0 Å². The second kappa shape index (κ2) is 12.5. The van der Waals surface area contributed by atoms with Crippen molar-refractivity contribution in [2.45, 2.75) is 79.1 Å². The Balaban J connectivity index is 1.89. The number of esters is 3. The van der Waals surface area contributed by atoms with Crippen molar-refractivity contribution in [2.75, 3.05) is 0 Å². The molecule has 0 amide bonds. The molecule has 3 atom stereocenters. The van der Waals surface area contributed by atoms with E-state index in [1.165, 1.54) is 0 Å². The first-order chi connectivity index (χ1) is 19.3. The molecule has 1 fully saturated rings. The van der Waals surface area contributed by atoms with Crippen LogP contribution in [0.25, 0.3) is 0 Å². The number of carbonyl (C=O) groups excluding carboxylic acids is 3. The zero-order valence-electron chi connectivity index (χ0n) is 24.6. The molecule has 1 N–H and O–H groups in total. The van der Waals surface area contributed by atoms with Crippen LogP contribution in [0, 0.1) is 59.3 Å². The summed E-state index contributed by atoms with van der Waals surface area (Å²) in [5, 5.41) is -4.77. The number of halogens is 2. The van der Waals surface area contributed by atoms with Gasteiger partial charge in [0.2, 0.25) is 0 Å². The molecule has 0 heterocycles. The Morgan fingerprint density at radius 2 is 1.05 bits per heavy atom. The molecule has 0 bridgehead atoms. The number of rotatable bonds is 8. The SMILES string of the molecule is Cc1cc(C)c(OC(=O)C2CC(C(=O)Oc3c(C)cc(C)cc3C)CC(C(=O)OC(C)C(F)(F)S(=O)(=O)O)C2)c(C)c1. The lowest BCUT2D eigenvalue weighted by Crippen LogP contribution is -2.44. The van der Waals surface area contributed by atoms with Crippen molar-refractivity contribution in [3.8, 4) is 11.5 Å². The maximum atomic E-state index is 14.1. The van der Waals surface area contributed by atoms with E-state index in [2.05, 4.69) is 0 Å². The number of hydrogen-bond acceptors (Lipinski definition) is 8. The van der Waals surface area contributed by atoms with Gasteiger partial charge >= 0.3 is 33.3 Å². The summed E-state index contributed by atoms with van der Waals surface area (Å²) in [6.45, 7) is 11.5. The van der Waals surface area contributed by atoms with Crippen LogP contribution in [0.1, 0.15) is 59.6 Å². The van der Waals surface area contributed by atoms with Gasteiger partial charge in [0.1, 0.15) is 11.5 Å². The molecule has 2 aromatic rings. The molecule has 3 unspecified atom stereocenters. The number of benzene rings is 2. The summed E-state index contributed by atoms with van der Waals surface area (Å²) in [5.41, 5.74) is 4.74. The first-order valence-corrected chi connectivity index (χ1v) is 14.9. The van der Waals surface area contributed by atoms with Crippen LogP contribution in [0.4, 0.5) is 8.78 Å². The third-order valence-corrected chi connectivity index (χ3v) is 8.45. The molecular weight excluding hydrogens is 574 g/mol. The van der Waals surface area contributed by atoms with E-state index >= 15 is 0 Å². The second-order valence-electron chi connectivity index (χ2n) is 11.2. The van der Waals surface area contributed by atoms with Gasteiger partial charge in [0.15, 0.2) is 6.10 Å². The van der Waals surface area contributed by atoms with Crippen LogP contribution < -0.4 is 9.47 Å². The van der Waals surface area contributed by atoms with Gasteiger partial charge in [0.25, 0.3) is 0 Å². The molecule has 1 saturated carbocycles. The summed E-state index contributed by atoms with van der Waals surface area (Å²) in [6.07, 6.45) is -2.96. The Labute approximate surface area is 244 Å². The van der Waals surface area contributed by atoms with Crippen molar-refractivity contribution in [3.05, 3.63) is 57.6 Å². The second-order valence-corrected chi connectivity index (χ2v) is 12.7. The highest BCUT2D eigenvalue weighted by atomic mass is 32.2. The summed E-state index contributed by atoms with van der Waals surface area (Å²) in [6, 6.07) is 7.33. The van der Waals surface area contributed by atoms with Gasteiger partial charge < -0.3 is 14.2 Å². The highest BCUT2D eigenvalue weighted by molar-refractivity contribution is 7.86. The smallest absolute Gasteiger partial charge is 0.405 e. The van der Waals surface area contributed by atoms with Gasteiger partial charge in [-0.2, -0.15) is 17.2 Å². The summed E-state index contributed by atoms with van der Waals surface area (Å²) < 4.78 is 75.5. The standard InChI is InChI=1S/C30H36F2O9S/c1-15-8-17(3)25(18(4)9-15)40-28(34)23-12-22(27(33)39-21(7)30(31,32)42(36,37)38)13-24(14-23)29(35)41-26-19(5)10-16(2)11-20(26)6/h8-11,21-24H,12-14H2,1-7H3,(H,36,37,38). The van der Waals surface area contributed by atoms with Gasteiger partial charge in [-0.1, -0.05) is 35.4 Å². The summed E-state index contributed by atoms with van der Waals surface area (Å²) in [7, 11) is -5.88. The minimum Gasteiger partial charge on any atom is -0.455 e. The Hall–Kier alpha value is -3.38. The fourth-order valence-electron chi connectivity index (χ4n) is 5.47. The Bertz CT molecular complexity index is 1370. The summed E-state index contributed by atoms with van der Waals surface area (Å²) in [4.78, 5) is 39.7. The minimum atomic E-state index is -5.88. The normalized spacial score (nSPS) is 20.0. The topological polar surface area (TPSA) is 133 Å². The van der Waals surface area contributed by atoms with Crippen molar-refractivity contribution in [1.82, 2.24) is 0 Å². The first kappa shape index (κ1) is 33.1. The van der Waals surface area contributed by atoms with Gasteiger partial charge in [-0.05, 0) is 90.0 Å². The van der Waals surface area contributed by atoms with E-state index in [0.717, 1.165) is 11.1 Å². The van der Waals surface area contributed by atoms with Crippen LogP contribution in [-0.4, -0.2) is 42.2 Å². The highest BCUT2D eigenvalue weighted by Crippen LogP contribution is 2.39. The monoisotopic (exact) mass is 610 g/mol. The van der Waals surface area contributed by atoms with Crippen LogP contribution in [0.15, 0.2) is 24.3 Å². The van der Waals surface area contributed by atoms with Crippen molar-refractivity contribution >= 4 is 28.0 Å². The molecule has 3 rings (SSSR count). The van der Waals surface area contributed by atoms with Crippen molar-refractivity contribution in [2.24, 2.45) is 17.8 Å². The number of hydrogen-bond donors (Lipinski definition) is 1. The van der Waals surface area contributed by atoms with E-state index in [1.54, 1.807) is 27.7 Å². The van der Waals surface area contributed by atoms with Crippen molar-refractivity contribution in [1.29, 1.82) is 0 Å². The average Bonchev–Trinajstić information content (AvgIpc) is 2.86. The molecule has 230 valence electrons. The lowest BCUT2D eigenvalue weighted by atomic mass is 9.75. The molecule has 42 heavy (non-hydrogen) atoms. The molecule has 0 radical (unpaired) electrons. The average molecular weight is 611 g/mol. The van der Waals surface area contributed by atoms with Gasteiger partial charge in [0.05, 0.1) is 17.8 Å². The zero-order chi connectivity index (χ0) is 31.7. The van der Waals surface area contributed by atoms with Gasteiger partial charge in [-0.15, -0.1) is 0 Å². The lowest BCUT2D eigenvalue weighted by molar-refractivity contribution is -0.168. The predicted octanol–water partition coefficient (Wildman–Crippen LogP) is 5.49. The van der Waals surface area contributed by atoms with Crippen molar-refractivity contribution < 1.29 is 50.3 Å². The fourth-order valence-corrected chi connectivity index (χ4v) is 5.94. The summed E-state index contributed by atoms with van der Waals surface area (Å²) in [5.74, 6) is -5.28. The molecule has 0 aromatic heterocycles. The Kier molecular flexibility index (Phi) is 9.83. The highest BCUT2D eigenvalue weighted by Gasteiger charge is 2.53. The largest absolute Gasteiger partial charge is 0.455 e. The molecule has 2 aromatic carbocycles.